The highest BCUT2D eigenvalue weighted by Gasteiger charge is 2.23. The molecule has 26 heavy (non-hydrogen) atoms. The molecule has 4 rings (SSSR count). The van der Waals surface area contributed by atoms with Crippen molar-refractivity contribution in [3.63, 3.8) is 0 Å². The van der Waals surface area contributed by atoms with Crippen LogP contribution in [0.4, 0.5) is 11.8 Å². The molecule has 0 radical (unpaired) electrons. The van der Waals surface area contributed by atoms with Crippen LogP contribution in [0.15, 0.2) is 23.8 Å². The number of fused-ring (bicyclic) bond motifs is 1. The highest BCUT2D eigenvalue weighted by molar-refractivity contribution is 7.17. The zero-order valence-corrected chi connectivity index (χ0v) is 15.0. The molecule has 0 unspecified atom stereocenters. The van der Waals surface area contributed by atoms with Crippen LogP contribution in [0.25, 0.3) is 10.2 Å². The van der Waals surface area contributed by atoms with Gasteiger partial charge in [-0.3, -0.25) is 9.48 Å². The number of amides is 1. The number of aromatic nitrogens is 4. The molecular formula is C16H19N7O2S. The van der Waals surface area contributed by atoms with Crippen molar-refractivity contribution in [1.29, 1.82) is 0 Å². The fourth-order valence-corrected chi connectivity index (χ4v) is 3.67. The van der Waals surface area contributed by atoms with Gasteiger partial charge >= 0.3 is 0 Å². The van der Waals surface area contributed by atoms with Gasteiger partial charge in [-0.1, -0.05) is 0 Å². The molecule has 136 valence electrons. The number of nitrogens with one attached hydrogen (secondary N) is 2. The van der Waals surface area contributed by atoms with Crippen LogP contribution in [0.3, 0.4) is 0 Å². The van der Waals surface area contributed by atoms with Crippen molar-refractivity contribution in [1.82, 2.24) is 19.7 Å². The molecular weight excluding hydrogens is 354 g/mol. The average Bonchev–Trinajstić information content (AvgIpc) is 3.22. The number of hydrogen-bond acceptors (Lipinski definition) is 8. The third kappa shape index (κ3) is 3.39. The third-order valence-electron chi connectivity index (χ3n) is 4.23. The summed E-state index contributed by atoms with van der Waals surface area (Å²) in [6.07, 6.45) is 4.28. The van der Waals surface area contributed by atoms with E-state index in [-0.39, 0.29) is 18.0 Å². The van der Waals surface area contributed by atoms with Crippen LogP contribution in [0, 0.1) is 0 Å². The number of nitrogens with zero attached hydrogens (tertiary/aromatic N) is 4. The molecule has 2 atom stereocenters. The van der Waals surface area contributed by atoms with Gasteiger partial charge in [-0.2, -0.15) is 5.10 Å². The summed E-state index contributed by atoms with van der Waals surface area (Å²) in [5.74, 6) is 0.713. The van der Waals surface area contributed by atoms with E-state index in [2.05, 4.69) is 25.7 Å². The fraction of sp³-hybridized carbons (Fsp3) is 0.375. The lowest BCUT2D eigenvalue weighted by Gasteiger charge is -2.29. The van der Waals surface area contributed by atoms with Crippen LogP contribution in [-0.4, -0.2) is 51.0 Å². The molecule has 1 amide bonds. The van der Waals surface area contributed by atoms with Crippen molar-refractivity contribution < 1.29 is 9.53 Å². The number of rotatable bonds is 4. The second-order valence-corrected chi connectivity index (χ2v) is 7.07. The number of aryl methyl sites for hydroxylation is 1. The van der Waals surface area contributed by atoms with Gasteiger partial charge in [-0.05, 0) is 6.42 Å². The molecule has 0 aliphatic carbocycles. The van der Waals surface area contributed by atoms with Crippen molar-refractivity contribution in [3.8, 4) is 0 Å². The van der Waals surface area contributed by atoms with Crippen molar-refractivity contribution in [2.75, 3.05) is 23.8 Å². The largest absolute Gasteiger partial charge is 0.380 e. The summed E-state index contributed by atoms with van der Waals surface area (Å²) in [6.45, 7) is 1.17. The summed E-state index contributed by atoms with van der Waals surface area (Å²) in [5.41, 5.74) is 7.18. The van der Waals surface area contributed by atoms with E-state index in [1.807, 2.05) is 0 Å². The molecule has 3 aromatic heterocycles. The molecule has 9 nitrogen and oxygen atoms in total. The Morgan fingerprint density at radius 3 is 3.15 bits per heavy atom. The predicted octanol–water partition coefficient (Wildman–Crippen LogP) is 1.21. The average molecular weight is 373 g/mol. The van der Waals surface area contributed by atoms with E-state index in [4.69, 9.17) is 10.5 Å². The molecule has 0 bridgehead atoms. The monoisotopic (exact) mass is 373 g/mol. The molecule has 0 aromatic carbocycles. The van der Waals surface area contributed by atoms with E-state index in [0.29, 0.717) is 36.1 Å². The first kappa shape index (κ1) is 16.9. The number of carbonyl (C=O) groups is 1. The highest BCUT2D eigenvalue weighted by atomic mass is 32.1. The molecule has 1 aliphatic heterocycles. The Hall–Kier alpha value is -2.56. The number of hydrogen-bond donors (Lipinski definition) is 3. The SMILES string of the molecule is Cn1ccc(NC(=O)c2csc3cnc(N[C@@H]4CCOC[C@@H]4N)nc23)n1. The van der Waals surface area contributed by atoms with Crippen molar-refractivity contribution in [3.05, 3.63) is 29.4 Å². The van der Waals surface area contributed by atoms with Crippen molar-refractivity contribution >= 4 is 39.2 Å². The molecule has 0 spiro atoms. The van der Waals surface area contributed by atoms with Gasteiger partial charge in [0, 0.05) is 43.4 Å². The van der Waals surface area contributed by atoms with E-state index in [1.165, 1.54) is 11.3 Å². The Labute approximate surface area is 153 Å². The fourth-order valence-electron chi connectivity index (χ4n) is 2.83. The van der Waals surface area contributed by atoms with E-state index in [0.717, 1.165) is 11.1 Å². The Bertz CT molecular complexity index is 938. The summed E-state index contributed by atoms with van der Waals surface area (Å²) in [6, 6.07) is 1.67. The van der Waals surface area contributed by atoms with Gasteiger partial charge in [-0.15, -0.1) is 11.3 Å². The molecule has 1 aliphatic rings. The van der Waals surface area contributed by atoms with Crippen LogP contribution >= 0.6 is 11.3 Å². The summed E-state index contributed by atoms with van der Waals surface area (Å²) < 4.78 is 7.82. The lowest BCUT2D eigenvalue weighted by molar-refractivity contribution is 0.0751. The third-order valence-corrected chi connectivity index (χ3v) is 5.13. The van der Waals surface area contributed by atoms with Crippen molar-refractivity contribution in [2.24, 2.45) is 12.8 Å². The minimum Gasteiger partial charge on any atom is -0.380 e. The van der Waals surface area contributed by atoms with Crippen LogP contribution in [-0.2, 0) is 11.8 Å². The van der Waals surface area contributed by atoms with Crippen LogP contribution in [0.1, 0.15) is 16.8 Å². The summed E-state index contributed by atoms with van der Waals surface area (Å²) in [5, 5.41) is 12.0. The van der Waals surface area contributed by atoms with Gasteiger partial charge in [0.15, 0.2) is 5.82 Å². The maximum Gasteiger partial charge on any atom is 0.259 e. The van der Waals surface area contributed by atoms with Crippen molar-refractivity contribution in [2.45, 2.75) is 18.5 Å². The molecule has 3 aromatic rings. The number of carbonyl (C=O) groups excluding carboxylic acids is 1. The molecule has 1 saturated heterocycles. The number of thiophene rings is 1. The Balaban J connectivity index is 1.57. The van der Waals surface area contributed by atoms with E-state index in [9.17, 15) is 4.79 Å². The van der Waals surface area contributed by atoms with Gasteiger partial charge in [-0.25, -0.2) is 9.97 Å². The summed E-state index contributed by atoms with van der Waals surface area (Å²) >= 11 is 1.43. The van der Waals surface area contributed by atoms with E-state index in [1.54, 1.807) is 35.6 Å². The first-order chi connectivity index (χ1) is 12.6. The standard InChI is InChI=1S/C16H19N7O2S/c1-23-4-2-13(22-23)20-15(24)9-8-26-12-6-18-16(21-14(9)12)19-11-3-5-25-7-10(11)17/h2,4,6,8,10-11H,3,5,7,17H2,1H3,(H,18,19,21)(H,20,22,24)/t10-,11+/m0/s1. The molecule has 4 N–H and O–H groups in total. The first-order valence-corrected chi connectivity index (χ1v) is 9.13. The Kier molecular flexibility index (Phi) is 4.53. The van der Waals surface area contributed by atoms with E-state index < -0.39 is 0 Å². The Morgan fingerprint density at radius 2 is 2.38 bits per heavy atom. The van der Waals surface area contributed by atoms with Gasteiger partial charge < -0.3 is 21.1 Å². The maximum absolute atomic E-state index is 12.6. The van der Waals surface area contributed by atoms with Gasteiger partial charge in [0.1, 0.15) is 0 Å². The zero-order chi connectivity index (χ0) is 18.1. The second-order valence-electron chi connectivity index (χ2n) is 6.16. The van der Waals surface area contributed by atoms with Gasteiger partial charge in [0.2, 0.25) is 5.95 Å². The number of nitrogens with two attached hydrogens (primary N) is 1. The lowest BCUT2D eigenvalue weighted by atomic mass is 10.1. The highest BCUT2D eigenvalue weighted by Crippen LogP contribution is 2.26. The van der Waals surface area contributed by atoms with Crippen LogP contribution in [0.2, 0.25) is 0 Å². The van der Waals surface area contributed by atoms with Crippen LogP contribution < -0.4 is 16.4 Å². The lowest BCUT2D eigenvalue weighted by Crippen LogP contribution is -2.47. The predicted molar refractivity (Wildman–Crippen MR) is 99.4 cm³/mol. The second kappa shape index (κ2) is 6.98. The number of ether oxygens (including phenoxy) is 1. The molecule has 4 heterocycles. The quantitative estimate of drug-likeness (QED) is 0.628. The smallest absolute Gasteiger partial charge is 0.259 e. The van der Waals surface area contributed by atoms with E-state index >= 15 is 0 Å². The minimum absolute atomic E-state index is 0.0469. The summed E-state index contributed by atoms with van der Waals surface area (Å²) in [4.78, 5) is 21.5. The van der Waals surface area contributed by atoms with Crippen LogP contribution in [0.5, 0.6) is 0 Å². The molecule has 1 fully saturated rings. The Morgan fingerprint density at radius 1 is 1.50 bits per heavy atom. The minimum atomic E-state index is -0.248. The van der Waals surface area contributed by atoms with Gasteiger partial charge in [0.05, 0.1) is 28.6 Å². The van der Waals surface area contributed by atoms with Gasteiger partial charge in [0.25, 0.3) is 5.91 Å². The summed E-state index contributed by atoms with van der Waals surface area (Å²) in [7, 11) is 1.79. The topological polar surface area (TPSA) is 120 Å². The molecule has 0 saturated carbocycles. The number of anilines is 2. The normalized spacial score (nSPS) is 20.2. The molecule has 10 heteroatoms. The zero-order valence-electron chi connectivity index (χ0n) is 14.2. The first-order valence-electron chi connectivity index (χ1n) is 8.25. The maximum atomic E-state index is 12.6.